The van der Waals surface area contributed by atoms with Gasteiger partial charge >= 0.3 is 0 Å². The van der Waals surface area contributed by atoms with E-state index in [-0.39, 0.29) is 6.04 Å². The molecule has 0 aliphatic rings. The van der Waals surface area contributed by atoms with Gasteiger partial charge in [-0.1, -0.05) is 19.1 Å². The second-order valence-corrected chi connectivity index (χ2v) is 4.81. The Kier molecular flexibility index (Phi) is 5.36. The molecule has 0 bridgehead atoms. The zero-order chi connectivity index (χ0) is 15.2. The van der Waals surface area contributed by atoms with Crippen LogP contribution in [0.1, 0.15) is 24.2 Å². The average Bonchev–Trinajstić information content (AvgIpc) is 2.51. The van der Waals surface area contributed by atoms with Crippen molar-refractivity contribution in [3.8, 4) is 0 Å². The summed E-state index contributed by atoms with van der Waals surface area (Å²) in [4.78, 5) is 6.38. The lowest BCUT2D eigenvalue weighted by molar-refractivity contribution is 0.200. The van der Waals surface area contributed by atoms with Gasteiger partial charge in [-0.2, -0.15) is 0 Å². The number of likely N-dealkylation sites (N-methyl/N-ethyl adjacent to an activating group) is 1. The second-order valence-electron chi connectivity index (χ2n) is 4.81. The van der Waals surface area contributed by atoms with Crippen molar-refractivity contribution in [3.05, 3.63) is 65.5 Å². The molecule has 1 unspecified atom stereocenters. The molecule has 0 aliphatic heterocycles. The van der Waals surface area contributed by atoms with Crippen molar-refractivity contribution in [2.75, 3.05) is 13.1 Å². The molecule has 5 heteroatoms. The van der Waals surface area contributed by atoms with E-state index in [1.54, 1.807) is 12.3 Å². The number of nitrogens with two attached hydrogens (primary N) is 1. The van der Waals surface area contributed by atoms with E-state index in [1.165, 1.54) is 6.07 Å². The van der Waals surface area contributed by atoms with Gasteiger partial charge in [0.2, 0.25) is 0 Å². The van der Waals surface area contributed by atoms with Crippen LogP contribution in [0.3, 0.4) is 0 Å². The molecular weight excluding hydrogens is 272 g/mol. The molecule has 0 radical (unpaired) electrons. The van der Waals surface area contributed by atoms with E-state index >= 15 is 0 Å². The highest BCUT2D eigenvalue weighted by atomic mass is 19.2. The van der Waals surface area contributed by atoms with Gasteiger partial charge in [-0.05, 0) is 36.4 Å². The maximum Gasteiger partial charge on any atom is 0.159 e. The fourth-order valence-electron chi connectivity index (χ4n) is 2.36. The third-order valence-electron chi connectivity index (χ3n) is 3.49. The molecule has 2 N–H and O–H groups in total. The van der Waals surface area contributed by atoms with Gasteiger partial charge in [0.05, 0.1) is 5.69 Å². The van der Waals surface area contributed by atoms with Crippen LogP contribution in [-0.4, -0.2) is 23.0 Å². The van der Waals surface area contributed by atoms with Crippen LogP contribution >= 0.6 is 0 Å². The van der Waals surface area contributed by atoms with Gasteiger partial charge in [-0.15, -0.1) is 0 Å². The van der Waals surface area contributed by atoms with Gasteiger partial charge in [0, 0.05) is 25.3 Å². The fourth-order valence-corrected chi connectivity index (χ4v) is 2.36. The maximum atomic E-state index is 13.4. The molecule has 0 saturated heterocycles. The molecule has 2 aromatic rings. The first-order valence-electron chi connectivity index (χ1n) is 6.94. The molecule has 0 saturated carbocycles. The molecule has 3 nitrogen and oxygen atoms in total. The minimum Gasteiger partial charge on any atom is -0.329 e. The first-order chi connectivity index (χ1) is 10.2. The van der Waals surface area contributed by atoms with E-state index in [0.717, 1.165) is 18.3 Å². The molecule has 112 valence electrons. The summed E-state index contributed by atoms with van der Waals surface area (Å²) in [5.74, 6) is -1.69. The lowest BCUT2D eigenvalue weighted by Gasteiger charge is -2.30. The highest BCUT2D eigenvalue weighted by Crippen LogP contribution is 2.23. The Morgan fingerprint density at radius 2 is 2.00 bits per heavy atom. The van der Waals surface area contributed by atoms with Crippen molar-refractivity contribution in [1.82, 2.24) is 9.88 Å². The summed E-state index contributed by atoms with van der Waals surface area (Å²) >= 11 is 0. The minimum atomic E-state index is -0.847. The molecule has 1 aromatic heterocycles. The summed E-state index contributed by atoms with van der Waals surface area (Å²) in [6.07, 6.45) is 1.73. The highest BCUT2D eigenvalue weighted by Gasteiger charge is 2.19. The van der Waals surface area contributed by atoms with Gasteiger partial charge < -0.3 is 5.73 Å². The van der Waals surface area contributed by atoms with E-state index in [4.69, 9.17) is 5.73 Å². The Morgan fingerprint density at radius 1 is 1.19 bits per heavy atom. The largest absolute Gasteiger partial charge is 0.329 e. The SMILES string of the molecule is CCN(Cc1ccccn1)C(CN)c1ccc(F)c(F)c1. The molecule has 0 amide bonds. The number of rotatable bonds is 6. The third kappa shape index (κ3) is 3.83. The first kappa shape index (κ1) is 15.5. The Labute approximate surface area is 123 Å². The lowest BCUT2D eigenvalue weighted by atomic mass is 10.0. The van der Waals surface area contributed by atoms with Gasteiger partial charge in [0.15, 0.2) is 11.6 Å². The topological polar surface area (TPSA) is 42.2 Å². The molecule has 1 atom stereocenters. The maximum absolute atomic E-state index is 13.4. The number of halogens is 2. The number of nitrogens with zero attached hydrogens (tertiary/aromatic N) is 2. The number of pyridine rings is 1. The van der Waals surface area contributed by atoms with Gasteiger partial charge in [-0.3, -0.25) is 9.88 Å². The summed E-state index contributed by atoms with van der Waals surface area (Å²) in [6.45, 7) is 3.67. The molecule has 0 aliphatic carbocycles. The van der Waals surface area contributed by atoms with Crippen LogP contribution in [0.4, 0.5) is 8.78 Å². The average molecular weight is 291 g/mol. The predicted molar refractivity (Wildman–Crippen MR) is 78.5 cm³/mol. The van der Waals surface area contributed by atoms with E-state index in [0.29, 0.717) is 18.7 Å². The number of benzene rings is 1. The summed E-state index contributed by atoms with van der Waals surface area (Å²) < 4.78 is 26.5. The van der Waals surface area contributed by atoms with Gasteiger partial charge in [0.1, 0.15) is 0 Å². The quantitative estimate of drug-likeness (QED) is 0.890. The Hall–Kier alpha value is -1.85. The van der Waals surface area contributed by atoms with Gasteiger partial charge in [-0.25, -0.2) is 8.78 Å². The van der Waals surface area contributed by atoms with Crippen molar-refractivity contribution in [2.24, 2.45) is 5.73 Å². The van der Waals surface area contributed by atoms with E-state index in [1.807, 2.05) is 25.1 Å². The molecule has 1 aromatic carbocycles. The van der Waals surface area contributed by atoms with Gasteiger partial charge in [0.25, 0.3) is 0 Å². The monoisotopic (exact) mass is 291 g/mol. The van der Waals surface area contributed by atoms with E-state index in [9.17, 15) is 8.78 Å². The summed E-state index contributed by atoms with van der Waals surface area (Å²) in [5, 5.41) is 0. The normalized spacial score (nSPS) is 12.6. The fraction of sp³-hybridized carbons (Fsp3) is 0.312. The zero-order valence-corrected chi connectivity index (χ0v) is 12.0. The van der Waals surface area contributed by atoms with E-state index in [2.05, 4.69) is 9.88 Å². The molecule has 0 fully saturated rings. The summed E-state index contributed by atoms with van der Waals surface area (Å²) in [7, 11) is 0. The summed E-state index contributed by atoms with van der Waals surface area (Å²) in [6, 6.07) is 9.47. The van der Waals surface area contributed by atoms with Crippen LogP contribution in [-0.2, 0) is 6.54 Å². The minimum absolute atomic E-state index is 0.174. The number of aromatic nitrogens is 1. The molecular formula is C16H19F2N3. The molecule has 1 heterocycles. The third-order valence-corrected chi connectivity index (χ3v) is 3.49. The van der Waals surface area contributed by atoms with Crippen molar-refractivity contribution >= 4 is 0 Å². The predicted octanol–water partition coefficient (Wildman–Crippen LogP) is 2.88. The Morgan fingerprint density at radius 3 is 2.57 bits per heavy atom. The highest BCUT2D eigenvalue weighted by molar-refractivity contribution is 5.22. The molecule has 2 rings (SSSR count). The van der Waals surface area contributed by atoms with Crippen LogP contribution in [0.15, 0.2) is 42.6 Å². The van der Waals surface area contributed by atoms with Crippen molar-refractivity contribution < 1.29 is 8.78 Å². The smallest absolute Gasteiger partial charge is 0.159 e. The van der Waals surface area contributed by atoms with Crippen LogP contribution < -0.4 is 5.73 Å². The van der Waals surface area contributed by atoms with Crippen LogP contribution in [0.2, 0.25) is 0 Å². The van der Waals surface area contributed by atoms with Crippen LogP contribution in [0.25, 0.3) is 0 Å². The lowest BCUT2D eigenvalue weighted by Crippen LogP contribution is -2.33. The van der Waals surface area contributed by atoms with Crippen LogP contribution in [0, 0.1) is 11.6 Å². The Bertz CT molecular complexity index is 575. The standard InChI is InChI=1S/C16H19F2N3/c1-2-21(11-13-5-3-4-8-20-13)16(10-19)12-6-7-14(17)15(18)9-12/h3-9,16H,2,10-11,19H2,1H3. The van der Waals surface area contributed by atoms with E-state index < -0.39 is 11.6 Å². The second kappa shape index (κ2) is 7.24. The Balaban J connectivity index is 2.22. The van der Waals surface area contributed by atoms with Crippen molar-refractivity contribution in [3.63, 3.8) is 0 Å². The van der Waals surface area contributed by atoms with Crippen LogP contribution in [0.5, 0.6) is 0 Å². The number of hydrogen-bond donors (Lipinski definition) is 1. The zero-order valence-electron chi connectivity index (χ0n) is 12.0. The van der Waals surface area contributed by atoms with Crippen molar-refractivity contribution in [1.29, 1.82) is 0 Å². The van der Waals surface area contributed by atoms with Crippen molar-refractivity contribution in [2.45, 2.75) is 19.5 Å². The summed E-state index contributed by atoms with van der Waals surface area (Å²) in [5.41, 5.74) is 7.44. The first-order valence-corrected chi connectivity index (χ1v) is 6.94. The molecule has 21 heavy (non-hydrogen) atoms. The molecule has 0 spiro atoms. The number of hydrogen-bond acceptors (Lipinski definition) is 3.